The molecule has 3 heterocycles. The van der Waals surface area contributed by atoms with Gasteiger partial charge >= 0.3 is 6.03 Å². The van der Waals surface area contributed by atoms with Gasteiger partial charge in [-0.15, -0.1) is 11.3 Å². The van der Waals surface area contributed by atoms with Crippen molar-refractivity contribution in [3.63, 3.8) is 0 Å². The molecule has 0 radical (unpaired) electrons. The molecule has 0 fully saturated rings. The van der Waals surface area contributed by atoms with Crippen LogP contribution in [0.5, 0.6) is 11.5 Å². The molecule has 0 saturated heterocycles. The van der Waals surface area contributed by atoms with E-state index in [4.69, 9.17) is 9.47 Å². The highest BCUT2D eigenvalue weighted by Gasteiger charge is 2.27. The van der Waals surface area contributed by atoms with Crippen LogP contribution < -0.4 is 20.1 Å². The smallest absolute Gasteiger partial charge is 0.325 e. The van der Waals surface area contributed by atoms with E-state index in [9.17, 15) is 9.59 Å². The van der Waals surface area contributed by atoms with Gasteiger partial charge in [0.15, 0.2) is 11.5 Å². The maximum atomic E-state index is 12.5. The number of anilines is 1. The third kappa shape index (κ3) is 3.91. The second kappa shape index (κ2) is 7.58. The first-order chi connectivity index (χ1) is 13.1. The van der Waals surface area contributed by atoms with Crippen LogP contribution in [0.3, 0.4) is 0 Å². The standard InChI is InChI=1S/C19H21N3O4S/c1-12(22-6-4-17-13(11-22)5-9-27-17)18(23)21-19(24)20-14-2-3-15-16(10-14)26-8-7-25-15/h2-3,5,9-10,12H,4,6-8,11H2,1H3,(H2,20,21,23,24). The van der Waals surface area contributed by atoms with E-state index in [0.717, 1.165) is 19.5 Å². The first kappa shape index (κ1) is 17.8. The number of thiophene rings is 1. The van der Waals surface area contributed by atoms with Crippen molar-refractivity contribution in [1.29, 1.82) is 0 Å². The number of benzene rings is 1. The number of ether oxygens (including phenoxy) is 2. The average molecular weight is 387 g/mol. The van der Waals surface area contributed by atoms with E-state index >= 15 is 0 Å². The summed E-state index contributed by atoms with van der Waals surface area (Å²) in [6.07, 6.45) is 0.939. The number of amides is 3. The summed E-state index contributed by atoms with van der Waals surface area (Å²) in [4.78, 5) is 28.1. The molecule has 27 heavy (non-hydrogen) atoms. The zero-order chi connectivity index (χ0) is 18.8. The Bertz CT molecular complexity index is 866. The molecule has 2 aliphatic rings. The molecule has 3 amide bonds. The molecule has 0 saturated carbocycles. The Kier molecular flexibility index (Phi) is 5.00. The Morgan fingerprint density at radius 3 is 2.85 bits per heavy atom. The van der Waals surface area contributed by atoms with Crippen LogP contribution in [0.15, 0.2) is 29.6 Å². The van der Waals surface area contributed by atoms with E-state index < -0.39 is 6.03 Å². The van der Waals surface area contributed by atoms with E-state index in [1.54, 1.807) is 29.5 Å². The van der Waals surface area contributed by atoms with E-state index in [0.29, 0.717) is 30.4 Å². The largest absolute Gasteiger partial charge is 0.486 e. The molecule has 4 rings (SSSR count). The number of imide groups is 1. The molecular formula is C19H21N3O4S. The Hall–Kier alpha value is -2.58. The molecule has 1 aromatic carbocycles. The summed E-state index contributed by atoms with van der Waals surface area (Å²) in [5.41, 5.74) is 1.81. The summed E-state index contributed by atoms with van der Waals surface area (Å²) in [5.74, 6) is 0.914. The Morgan fingerprint density at radius 1 is 1.19 bits per heavy atom. The molecule has 7 nitrogen and oxygen atoms in total. The molecule has 142 valence electrons. The third-order valence-electron chi connectivity index (χ3n) is 4.80. The monoisotopic (exact) mass is 387 g/mol. The van der Waals surface area contributed by atoms with Crippen LogP contribution in [-0.4, -0.2) is 42.6 Å². The summed E-state index contributed by atoms with van der Waals surface area (Å²) in [5, 5.41) is 7.18. The lowest BCUT2D eigenvalue weighted by molar-refractivity contribution is -0.125. The number of nitrogens with one attached hydrogen (secondary N) is 2. The molecule has 8 heteroatoms. The van der Waals surface area contributed by atoms with Gasteiger partial charge in [-0.3, -0.25) is 15.0 Å². The van der Waals surface area contributed by atoms with Crippen molar-refractivity contribution >= 4 is 29.0 Å². The molecular weight excluding hydrogens is 366 g/mol. The first-order valence-corrected chi connectivity index (χ1v) is 9.79. The van der Waals surface area contributed by atoms with Gasteiger partial charge in [0, 0.05) is 29.7 Å². The van der Waals surface area contributed by atoms with E-state index in [1.807, 2.05) is 6.92 Å². The van der Waals surface area contributed by atoms with E-state index in [2.05, 4.69) is 27.0 Å². The number of nitrogens with zero attached hydrogens (tertiary/aromatic N) is 1. The van der Waals surface area contributed by atoms with Crippen molar-refractivity contribution in [1.82, 2.24) is 10.2 Å². The second-order valence-electron chi connectivity index (χ2n) is 6.57. The van der Waals surface area contributed by atoms with Crippen LogP contribution >= 0.6 is 11.3 Å². The minimum Gasteiger partial charge on any atom is -0.486 e. The van der Waals surface area contributed by atoms with Gasteiger partial charge < -0.3 is 14.8 Å². The fourth-order valence-electron chi connectivity index (χ4n) is 3.27. The van der Waals surface area contributed by atoms with Crippen LogP contribution in [0.1, 0.15) is 17.4 Å². The summed E-state index contributed by atoms with van der Waals surface area (Å²) in [7, 11) is 0. The highest BCUT2D eigenvalue weighted by atomic mass is 32.1. The number of carbonyl (C=O) groups excluding carboxylic acids is 2. The van der Waals surface area contributed by atoms with Crippen molar-refractivity contribution in [2.75, 3.05) is 25.1 Å². The number of hydrogen-bond acceptors (Lipinski definition) is 6. The molecule has 0 aliphatic carbocycles. The minimum atomic E-state index is -0.559. The van der Waals surface area contributed by atoms with Gasteiger partial charge in [0.1, 0.15) is 13.2 Å². The highest BCUT2D eigenvalue weighted by molar-refractivity contribution is 7.10. The highest BCUT2D eigenvalue weighted by Crippen LogP contribution is 2.32. The van der Waals surface area contributed by atoms with Gasteiger partial charge in [0.25, 0.3) is 0 Å². The molecule has 1 atom stereocenters. The minimum absolute atomic E-state index is 0.316. The average Bonchev–Trinajstić information content (AvgIpc) is 3.15. The SMILES string of the molecule is CC(C(=O)NC(=O)Nc1ccc2c(c1)OCCO2)N1CCc2sccc2C1. The predicted octanol–water partition coefficient (Wildman–Crippen LogP) is 2.61. The zero-order valence-electron chi connectivity index (χ0n) is 15.0. The molecule has 1 aromatic heterocycles. The molecule has 1 unspecified atom stereocenters. The predicted molar refractivity (Wildman–Crippen MR) is 102 cm³/mol. The van der Waals surface area contributed by atoms with Gasteiger partial charge in [0.05, 0.1) is 6.04 Å². The molecule has 2 N–H and O–H groups in total. The fraction of sp³-hybridized carbons (Fsp3) is 0.368. The number of fused-ring (bicyclic) bond motifs is 2. The van der Waals surface area contributed by atoms with E-state index in [1.165, 1.54) is 10.4 Å². The van der Waals surface area contributed by atoms with Gasteiger partial charge in [-0.2, -0.15) is 0 Å². The maximum Gasteiger partial charge on any atom is 0.325 e. The topological polar surface area (TPSA) is 79.9 Å². The van der Waals surface area contributed by atoms with Crippen LogP contribution in [0.2, 0.25) is 0 Å². The van der Waals surface area contributed by atoms with Crippen molar-refractivity contribution in [3.05, 3.63) is 40.1 Å². The van der Waals surface area contributed by atoms with Gasteiger partial charge in [-0.05, 0) is 42.5 Å². The normalized spacial score (nSPS) is 16.9. The number of rotatable bonds is 3. The van der Waals surface area contributed by atoms with E-state index in [-0.39, 0.29) is 11.9 Å². The van der Waals surface area contributed by atoms with Crippen LogP contribution in [-0.2, 0) is 17.8 Å². The van der Waals surface area contributed by atoms with Crippen molar-refractivity contribution in [2.45, 2.75) is 25.9 Å². The summed E-state index contributed by atoms with van der Waals surface area (Å²) in [6, 6.07) is 6.29. The molecule has 2 aliphatic heterocycles. The van der Waals surface area contributed by atoms with Crippen molar-refractivity contribution in [3.8, 4) is 11.5 Å². The quantitative estimate of drug-likeness (QED) is 0.846. The van der Waals surface area contributed by atoms with Gasteiger partial charge in [0.2, 0.25) is 5.91 Å². The number of urea groups is 1. The molecule has 0 bridgehead atoms. The van der Waals surface area contributed by atoms with Crippen LogP contribution in [0.4, 0.5) is 10.5 Å². The summed E-state index contributed by atoms with van der Waals surface area (Å²) in [6.45, 7) is 4.35. The second-order valence-corrected chi connectivity index (χ2v) is 7.57. The summed E-state index contributed by atoms with van der Waals surface area (Å²) >= 11 is 1.76. The lowest BCUT2D eigenvalue weighted by Gasteiger charge is -2.31. The zero-order valence-corrected chi connectivity index (χ0v) is 15.8. The maximum absolute atomic E-state index is 12.5. The fourth-order valence-corrected chi connectivity index (χ4v) is 4.16. The third-order valence-corrected chi connectivity index (χ3v) is 5.82. The first-order valence-electron chi connectivity index (χ1n) is 8.91. The van der Waals surface area contributed by atoms with Crippen molar-refractivity contribution < 1.29 is 19.1 Å². The van der Waals surface area contributed by atoms with Crippen LogP contribution in [0.25, 0.3) is 0 Å². The van der Waals surface area contributed by atoms with Gasteiger partial charge in [-0.1, -0.05) is 0 Å². The Balaban J connectivity index is 1.33. The van der Waals surface area contributed by atoms with Crippen molar-refractivity contribution in [2.24, 2.45) is 0 Å². The summed E-state index contributed by atoms with van der Waals surface area (Å²) < 4.78 is 11.0. The molecule has 2 aromatic rings. The van der Waals surface area contributed by atoms with Crippen LogP contribution in [0, 0.1) is 0 Å². The number of hydrogen-bond donors (Lipinski definition) is 2. The Morgan fingerprint density at radius 2 is 2.00 bits per heavy atom. The van der Waals surface area contributed by atoms with Gasteiger partial charge in [-0.25, -0.2) is 4.79 Å². The molecule has 0 spiro atoms. The lowest BCUT2D eigenvalue weighted by Crippen LogP contribution is -2.49. The number of carbonyl (C=O) groups is 2. The Labute approximate surface area is 161 Å². The lowest BCUT2D eigenvalue weighted by atomic mass is 10.1.